The van der Waals surface area contributed by atoms with Crippen molar-refractivity contribution in [3.05, 3.63) is 230 Å². The van der Waals surface area contributed by atoms with Gasteiger partial charge in [-0.15, -0.1) is 0 Å². The van der Waals surface area contributed by atoms with Gasteiger partial charge < -0.3 is 4.90 Å². The third-order valence-corrected chi connectivity index (χ3v) is 13.6. The van der Waals surface area contributed by atoms with Crippen molar-refractivity contribution in [2.45, 2.75) is 19.3 Å². The molecule has 2 aliphatic rings. The van der Waals surface area contributed by atoms with E-state index in [1.807, 2.05) is 36.4 Å². The van der Waals surface area contributed by atoms with Gasteiger partial charge in [0.05, 0.1) is 34.0 Å². The highest BCUT2D eigenvalue weighted by molar-refractivity contribution is 6.21. The number of pyridine rings is 1. The maximum absolute atomic E-state index is 5.52. The Morgan fingerprint density at radius 3 is 1.67 bits per heavy atom. The summed E-state index contributed by atoms with van der Waals surface area (Å²) >= 11 is 0. The van der Waals surface area contributed by atoms with E-state index < -0.39 is 0 Å². The minimum Gasteiger partial charge on any atom is -0.310 e. The van der Waals surface area contributed by atoms with Gasteiger partial charge >= 0.3 is 0 Å². The van der Waals surface area contributed by atoms with Crippen LogP contribution < -0.4 is 9.80 Å². The summed E-state index contributed by atoms with van der Waals surface area (Å²) in [5.41, 5.74) is 17.1. The molecule has 0 fully saturated rings. The zero-order chi connectivity index (χ0) is 44.6. The molecule has 0 unspecified atom stereocenters. The molecule has 2 aromatic heterocycles. The maximum Gasteiger partial charge on any atom is 0.238 e. The summed E-state index contributed by atoms with van der Waals surface area (Å²) in [5, 5.41) is 3.28. The highest BCUT2D eigenvalue weighted by atomic mass is 15.3. The second-order valence-electron chi connectivity index (χ2n) is 17.8. The van der Waals surface area contributed by atoms with Gasteiger partial charge in [-0.25, -0.2) is 9.97 Å². The molecule has 0 bridgehead atoms. The molecule has 0 amide bonds. The molecule has 0 saturated heterocycles. The van der Waals surface area contributed by atoms with Crippen LogP contribution in [-0.2, 0) is 5.41 Å². The van der Waals surface area contributed by atoms with E-state index in [0.717, 1.165) is 72.2 Å². The Balaban J connectivity index is 1.01. The first-order valence-corrected chi connectivity index (χ1v) is 22.8. The zero-order valence-corrected chi connectivity index (χ0v) is 37.0. The highest BCUT2D eigenvalue weighted by Crippen LogP contribution is 2.55. The van der Waals surface area contributed by atoms with Crippen LogP contribution in [0.5, 0.6) is 0 Å². The van der Waals surface area contributed by atoms with Crippen molar-refractivity contribution < 1.29 is 0 Å². The molecular formula is C61H42N6. The van der Waals surface area contributed by atoms with Crippen LogP contribution in [0, 0.1) is 0 Å². The molecule has 2 aliphatic heterocycles. The SMILES string of the molecule is CC1(C)c2ccccc2N(c2ccc(-c3cccc4c3-c3nc5ccccc5c5cccc(c35)N4c3nc(-c4ccccc4)nc(-c4ccccc4)n3)cc2)c2ccc(-c3ccccc3)cc21. The fourth-order valence-electron chi connectivity index (χ4n) is 10.4. The van der Waals surface area contributed by atoms with Crippen LogP contribution in [0.1, 0.15) is 25.0 Å². The van der Waals surface area contributed by atoms with E-state index in [4.69, 9.17) is 19.9 Å². The standard InChI is InChI=1S/C61H42N6/c1-61(2)48-27-13-15-29-51(48)66(52-37-34-43(38-49(52)61)39-18-6-3-7-19-39)44-35-32-40(33-36-44)45-25-16-30-53-55(45)57-56-47(46-24-12-14-28-50(46)62-57)26-17-31-54(56)67(53)60-64-58(41-20-8-4-9-21-41)63-59(65-60)42-22-10-5-11-23-42/h3-38H,1-2H3. The number of benzene rings is 9. The van der Waals surface area contributed by atoms with Gasteiger partial charge in [-0.2, -0.15) is 9.97 Å². The van der Waals surface area contributed by atoms with Gasteiger partial charge in [0.2, 0.25) is 5.95 Å². The van der Waals surface area contributed by atoms with Crippen molar-refractivity contribution in [2.24, 2.45) is 0 Å². The lowest BCUT2D eigenvalue weighted by Gasteiger charge is -2.42. The third kappa shape index (κ3) is 6.18. The largest absolute Gasteiger partial charge is 0.310 e. The first kappa shape index (κ1) is 38.7. The smallest absolute Gasteiger partial charge is 0.238 e. The normalized spacial score (nSPS) is 13.3. The van der Waals surface area contributed by atoms with Gasteiger partial charge in [0.25, 0.3) is 0 Å². The van der Waals surface area contributed by atoms with Crippen molar-refractivity contribution in [1.82, 2.24) is 19.9 Å². The Hall–Kier alpha value is -8.74. The maximum atomic E-state index is 5.52. The fourth-order valence-corrected chi connectivity index (χ4v) is 10.4. The van der Waals surface area contributed by atoms with Crippen molar-refractivity contribution in [3.63, 3.8) is 0 Å². The lowest BCUT2D eigenvalue weighted by atomic mass is 9.73. The summed E-state index contributed by atoms with van der Waals surface area (Å²) in [6.45, 7) is 4.69. The fraction of sp³-hybridized carbons (Fsp3) is 0.0492. The summed E-state index contributed by atoms with van der Waals surface area (Å²) in [6.07, 6.45) is 0. The Labute approximate surface area is 389 Å². The Bertz CT molecular complexity index is 3660. The van der Waals surface area contributed by atoms with Gasteiger partial charge in [-0.1, -0.05) is 184 Å². The van der Waals surface area contributed by atoms with Crippen molar-refractivity contribution in [3.8, 4) is 56.3 Å². The van der Waals surface area contributed by atoms with E-state index >= 15 is 0 Å². The van der Waals surface area contributed by atoms with Crippen LogP contribution in [0.15, 0.2) is 218 Å². The summed E-state index contributed by atoms with van der Waals surface area (Å²) < 4.78 is 0. The van der Waals surface area contributed by atoms with E-state index in [1.54, 1.807) is 0 Å². The Morgan fingerprint density at radius 1 is 0.373 bits per heavy atom. The first-order chi connectivity index (χ1) is 33.0. The topological polar surface area (TPSA) is 58.0 Å². The molecule has 0 spiro atoms. The molecule has 4 heterocycles. The Kier molecular flexibility index (Phi) is 8.77. The van der Waals surface area contributed by atoms with Gasteiger partial charge in [-0.05, 0) is 87.3 Å². The lowest BCUT2D eigenvalue weighted by molar-refractivity contribution is 0.632. The molecule has 0 radical (unpaired) electrons. The quantitative estimate of drug-likeness (QED) is 0.155. The predicted molar refractivity (Wildman–Crippen MR) is 275 cm³/mol. The van der Waals surface area contributed by atoms with Crippen LogP contribution in [0.2, 0.25) is 0 Å². The molecule has 0 atom stereocenters. The number of hydrogen-bond acceptors (Lipinski definition) is 6. The van der Waals surface area contributed by atoms with Gasteiger partial charge in [-0.3, -0.25) is 4.90 Å². The van der Waals surface area contributed by atoms with Crippen LogP contribution in [0.3, 0.4) is 0 Å². The van der Waals surface area contributed by atoms with Crippen molar-refractivity contribution in [2.75, 3.05) is 9.80 Å². The first-order valence-electron chi connectivity index (χ1n) is 22.8. The highest BCUT2D eigenvalue weighted by Gasteiger charge is 2.37. The van der Waals surface area contributed by atoms with E-state index in [2.05, 4.69) is 206 Å². The van der Waals surface area contributed by atoms with Crippen LogP contribution in [0.4, 0.5) is 34.4 Å². The molecule has 6 nitrogen and oxygen atoms in total. The molecule has 0 saturated carbocycles. The van der Waals surface area contributed by atoms with Crippen LogP contribution in [-0.4, -0.2) is 19.9 Å². The van der Waals surface area contributed by atoms with E-state index in [9.17, 15) is 0 Å². The van der Waals surface area contributed by atoms with Crippen LogP contribution >= 0.6 is 0 Å². The molecule has 11 aromatic rings. The third-order valence-electron chi connectivity index (χ3n) is 13.6. The molecule has 0 aliphatic carbocycles. The lowest BCUT2D eigenvalue weighted by Crippen LogP contribution is -2.30. The second-order valence-corrected chi connectivity index (χ2v) is 17.8. The predicted octanol–water partition coefficient (Wildman–Crippen LogP) is 15.8. The number of para-hydroxylation sites is 2. The van der Waals surface area contributed by atoms with Crippen molar-refractivity contribution in [1.29, 1.82) is 0 Å². The number of nitrogens with zero attached hydrogens (tertiary/aromatic N) is 6. The van der Waals surface area contributed by atoms with E-state index in [1.165, 1.54) is 33.6 Å². The molecule has 13 rings (SSSR count). The molecular weight excluding hydrogens is 817 g/mol. The molecule has 67 heavy (non-hydrogen) atoms. The number of anilines is 6. The van der Waals surface area contributed by atoms with Gasteiger partial charge in [0.1, 0.15) is 0 Å². The average molecular weight is 859 g/mol. The summed E-state index contributed by atoms with van der Waals surface area (Å²) in [4.78, 5) is 25.8. The summed E-state index contributed by atoms with van der Waals surface area (Å²) in [5.74, 6) is 1.74. The molecule has 316 valence electrons. The van der Waals surface area contributed by atoms with Crippen molar-refractivity contribution >= 4 is 56.1 Å². The van der Waals surface area contributed by atoms with Crippen LogP contribution in [0.25, 0.3) is 78.0 Å². The van der Waals surface area contributed by atoms with Gasteiger partial charge in [0.15, 0.2) is 11.6 Å². The molecule has 6 heteroatoms. The second kappa shape index (κ2) is 15.2. The molecule has 0 N–H and O–H groups in total. The number of fused-ring (bicyclic) bond motifs is 6. The monoisotopic (exact) mass is 858 g/mol. The minimum atomic E-state index is -0.209. The number of aromatic nitrogens is 4. The van der Waals surface area contributed by atoms with E-state index in [0.29, 0.717) is 17.6 Å². The summed E-state index contributed by atoms with van der Waals surface area (Å²) in [7, 11) is 0. The average Bonchev–Trinajstić information content (AvgIpc) is 3.39. The minimum absolute atomic E-state index is 0.209. The van der Waals surface area contributed by atoms with E-state index in [-0.39, 0.29) is 5.41 Å². The van der Waals surface area contributed by atoms with Gasteiger partial charge in [0, 0.05) is 38.6 Å². The summed E-state index contributed by atoms with van der Waals surface area (Å²) in [6, 6.07) is 77.3. The Morgan fingerprint density at radius 2 is 0.940 bits per heavy atom. The zero-order valence-electron chi connectivity index (χ0n) is 37.0. The number of hydrogen-bond donors (Lipinski definition) is 0. The molecule has 9 aromatic carbocycles. The number of rotatable bonds is 6.